The van der Waals surface area contributed by atoms with Gasteiger partial charge in [-0.05, 0) is 35.9 Å². The lowest BCUT2D eigenvalue weighted by Gasteiger charge is -2.10. The van der Waals surface area contributed by atoms with Crippen LogP contribution in [0.25, 0.3) is 10.2 Å². The van der Waals surface area contributed by atoms with E-state index in [2.05, 4.69) is 15.6 Å². The third kappa shape index (κ3) is 4.53. The van der Waals surface area contributed by atoms with Crippen molar-refractivity contribution >= 4 is 44.2 Å². The van der Waals surface area contributed by atoms with Gasteiger partial charge >= 0.3 is 0 Å². The van der Waals surface area contributed by atoms with E-state index in [9.17, 15) is 9.59 Å². The van der Waals surface area contributed by atoms with Gasteiger partial charge in [0.15, 0.2) is 16.6 Å². The molecule has 140 valence electrons. The van der Waals surface area contributed by atoms with E-state index in [1.807, 2.05) is 18.2 Å². The van der Waals surface area contributed by atoms with Crippen LogP contribution in [0.1, 0.15) is 12.5 Å². The van der Waals surface area contributed by atoms with Gasteiger partial charge in [0.25, 0.3) is 0 Å². The number of rotatable bonds is 6. The van der Waals surface area contributed by atoms with Gasteiger partial charge in [-0.25, -0.2) is 4.98 Å². The van der Waals surface area contributed by atoms with Crippen molar-refractivity contribution in [3.8, 4) is 11.5 Å². The SMILES string of the molecule is COc1ccc(CC(=O)Nc2ccc3sc(NC(C)=O)nc3c2)cc1OC. The number of ether oxygens (including phenoxy) is 2. The molecule has 7 nitrogen and oxygen atoms in total. The van der Waals surface area contributed by atoms with Crippen LogP contribution in [0, 0.1) is 0 Å². The highest BCUT2D eigenvalue weighted by atomic mass is 32.1. The zero-order valence-electron chi connectivity index (χ0n) is 15.2. The summed E-state index contributed by atoms with van der Waals surface area (Å²) in [7, 11) is 3.12. The average molecular weight is 385 g/mol. The molecule has 1 aromatic heterocycles. The van der Waals surface area contributed by atoms with Crippen molar-refractivity contribution in [2.45, 2.75) is 13.3 Å². The van der Waals surface area contributed by atoms with Gasteiger partial charge in [-0.2, -0.15) is 0 Å². The second-order valence-electron chi connectivity index (χ2n) is 5.80. The topological polar surface area (TPSA) is 89.6 Å². The van der Waals surface area contributed by atoms with E-state index in [0.717, 1.165) is 10.3 Å². The van der Waals surface area contributed by atoms with E-state index in [1.165, 1.54) is 18.3 Å². The van der Waals surface area contributed by atoms with Crippen LogP contribution in [0.3, 0.4) is 0 Å². The molecule has 3 aromatic rings. The van der Waals surface area contributed by atoms with E-state index < -0.39 is 0 Å². The molecule has 0 spiro atoms. The highest BCUT2D eigenvalue weighted by Gasteiger charge is 2.10. The highest BCUT2D eigenvalue weighted by Crippen LogP contribution is 2.29. The fourth-order valence-corrected chi connectivity index (χ4v) is 3.48. The van der Waals surface area contributed by atoms with Crippen LogP contribution in [0.4, 0.5) is 10.8 Å². The van der Waals surface area contributed by atoms with Gasteiger partial charge in [0.05, 0.1) is 30.9 Å². The zero-order valence-corrected chi connectivity index (χ0v) is 16.0. The fourth-order valence-electron chi connectivity index (χ4n) is 2.59. The molecule has 0 radical (unpaired) electrons. The zero-order chi connectivity index (χ0) is 19.4. The summed E-state index contributed by atoms with van der Waals surface area (Å²) >= 11 is 1.38. The van der Waals surface area contributed by atoms with Gasteiger partial charge in [-0.3, -0.25) is 9.59 Å². The largest absolute Gasteiger partial charge is 0.493 e. The van der Waals surface area contributed by atoms with Crippen LogP contribution < -0.4 is 20.1 Å². The molecule has 0 saturated carbocycles. The first-order valence-corrected chi connectivity index (χ1v) is 8.99. The first-order valence-electron chi connectivity index (χ1n) is 8.17. The van der Waals surface area contributed by atoms with Crippen molar-refractivity contribution in [1.82, 2.24) is 4.98 Å². The maximum Gasteiger partial charge on any atom is 0.228 e. The summed E-state index contributed by atoms with van der Waals surface area (Å²) in [4.78, 5) is 27.9. The van der Waals surface area contributed by atoms with Crippen LogP contribution in [0.15, 0.2) is 36.4 Å². The van der Waals surface area contributed by atoms with Gasteiger partial charge < -0.3 is 20.1 Å². The van der Waals surface area contributed by atoms with Crippen molar-refractivity contribution in [2.24, 2.45) is 0 Å². The number of benzene rings is 2. The van der Waals surface area contributed by atoms with E-state index >= 15 is 0 Å². The molecule has 2 N–H and O–H groups in total. The number of hydrogen-bond donors (Lipinski definition) is 2. The minimum atomic E-state index is -0.169. The molecular formula is C19H19N3O4S. The van der Waals surface area contributed by atoms with Crippen LogP contribution in [0.5, 0.6) is 11.5 Å². The lowest BCUT2D eigenvalue weighted by molar-refractivity contribution is -0.116. The lowest BCUT2D eigenvalue weighted by atomic mass is 10.1. The number of fused-ring (bicyclic) bond motifs is 1. The Labute approximate surface area is 160 Å². The first kappa shape index (κ1) is 18.7. The highest BCUT2D eigenvalue weighted by molar-refractivity contribution is 7.22. The predicted molar refractivity (Wildman–Crippen MR) is 106 cm³/mol. The number of hydrogen-bond acceptors (Lipinski definition) is 6. The second kappa shape index (κ2) is 8.05. The minimum Gasteiger partial charge on any atom is -0.493 e. The number of anilines is 2. The molecule has 8 heteroatoms. The Bertz CT molecular complexity index is 1000. The molecule has 0 aliphatic rings. The Kier molecular flexibility index (Phi) is 5.56. The number of nitrogens with zero attached hydrogens (tertiary/aromatic N) is 1. The molecule has 0 aliphatic heterocycles. The van der Waals surface area contributed by atoms with Crippen molar-refractivity contribution in [2.75, 3.05) is 24.9 Å². The predicted octanol–water partition coefficient (Wildman–Crippen LogP) is 3.45. The molecule has 0 bridgehead atoms. The van der Waals surface area contributed by atoms with Crippen LogP contribution in [0.2, 0.25) is 0 Å². The maximum absolute atomic E-state index is 12.4. The summed E-state index contributed by atoms with van der Waals surface area (Å²) in [5.74, 6) is 0.874. The summed E-state index contributed by atoms with van der Waals surface area (Å²) < 4.78 is 11.4. The molecule has 0 fully saturated rings. The number of methoxy groups -OCH3 is 2. The molecule has 0 atom stereocenters. The van der Waals surface area contributed by atoms with Gasteiger partial charge in [0, 0.05) is 12.6 Å². The third-order valence-corrected chi connectivity index (χ3v) is 4.72. The van der Waals surface area contributed by atoms with Gasteiger partial charge in [0.2, 0.25) is 11.8 Å². The summed E-state index contributed by atoms with van der Waals surface area (Å²) in [6.07, 6.45) is 0.201. The normalized spacial score (nSPS) is 10.5. The first-order chi connectivity index (χ1) is 13.0. The third-order valence-electron chi connectivity index (χ3n) is 3.77. The smallest absolute Gasteiger partial charge is 0.228 e. The molecule has 0 aliphatic carbocycles. The molecule has 1 heterocycles. The van der Waals surface area contributed by atoms with Crippen molar-refractivity contribution in [3.63, 3.8) is 0 Å². The van der Waals surface area contributed by atoms with Gasteiger partial charge in [0.1, 0.15) is 0 Å². The molecule has 2 amide bonds. The number of carbonyl (C=O) groups is 2. The lowest BCUT2D eigenvalue weighted by Crippen LogP contribution is -2.14. The molecule has 0 saturated heterocycles. The number of amides is 2. The maximum atomic E-state index is 12.4. The number of nitrogens with one attached hydrogen (secondary N) is 2. The van der Waals surface area contributed by atoms with Crippen molar-refractivity contribution in [3.05, 3.63) is 42.0 Å². The average Bonchev–Trinajstić information content (AvgIpc) is 3.02. The summed E-state index contributed by atoms with van der Waals surface area (Å²) in [5.41, 5.74) is 2.17. The molecule has 3 rings (SSSR count). The monoisotopic (exact) mass is 385 g/mol. The molecule has 27 heavy (non-hydrogen) atoms. The Morgan fingerprint density at radius 2 is 1.81 bits per heavy atom. The van der Waals surface area contributed by atoms with Crippen molar-refractivity contribution < 1.29 is 19.1 Å². The molecule has 0 unspecified atom stereocenters. The van der Waals surface area contributed by atoms with Crippen molar-refractivity contribution in [1.29, 1.82) is 0 Å². The Morgan fingerprint density at radius 3 is 2.52 bits per heavy atom. The van der Waals surface area contributed by atoms with E-state index in [4.69, 9.17) is 9.47 Å². The van der Waals surface area contributed by atoms with Gasteiger partial charge in [-0.15, -0.1) is 0 Å². The fraction of sp³-hybridized carbons (Fsp3) is 0.211. The second-order valence-corrected chi connectivity index (χ2v) is 6.83. The van der Waals surface area contributed by atoms with Crippen LogP contribution >= 0.6 is 11.3 Å². The molecule has 2 aromatic carbocycles. The Balaban J connectivity index is 1.71. The summed E-state index contributed by atoms with van der Waals surface area (Å²) in [5, 5.41) is 6.06. The number of thiazole rings is 1. The van der Waals surface area contributed by atoms with E-state index in [0.29, 0.717) is 27.8 Å². The quantitative estimate of drug-likeness (QED) is 0.678. The summed E-state index contributed by atoms with van der Waals surface area (Å²) in [6.45, 7) is 1.44. The van der Waals surface area contributed by atoms with E-state index in [1.54, 1.807) is 32.4 Å². The van der Waals surface area contributed by atoms with Crippen LogP contribution in [-0.4, -0.2) is 31.0 Å². The Morgan fingerprint density at radius 1 is 1.04 bits per heavy atom. The summed E-state index contributed by atoms with van der Waals surface area (Å²) in [6, 6.07) is 10.8. The standard InChI is InChI=1S/C19H19N3O4S/c1-11(23)20-19-22-14-10-13(5-7-17(14)27-19)21-18(24)9-12-4-6-15(25-2)16(8-12)26-3/h4-8,10H,9H2,1-3H3,(H,21,24)(H,20,22,23). The van der Waals surface area contributed by atoms with E-state index in [-0.39, 0.29) is 18.2 Å². The number of aromatic nitrogens is 1. The number of carbonyl (C=O) groups excluding carboxylic acids is 2. The molecular weight excluding hydrogens is 366 g/mol. The Hall–Kier alpha value is -3.13. The van der Waals surface area contributed by atoms with Crippen LogP contribution in [-0.2, 0) is 16.0 Å². The minimum absolute atomic E-state index is 0.154. The van der Waals surface area contributed by atoms with Gasteiger partial charge in [-0.1, -0.05) is 17.4 Å².